The molecule has 0 aromatic heterocycles. The van der Waals surface area contributed by atoms with Crippen molar-refractivity contribution in [2.24, 2.45) is 0 Å². The first-order valence-corrected chi connectivity index (χ1v) is 10.9. The Morgan fingerprint density at radius 2 is 1.61 bits per heavy atom. The number of anilines is 1. The van der Waals surface area contributed by atoms with Crippen LogP contribution in [0.5, 0.6) is 5.75 Å². The maximum atomic E-state index is 12.3. The normalized spacial score (nSPS) is 11.8. The van der Waals surface area contributed by atoms with Gasteiger partial charge in [-0.2, -0.15) is 0 Å². The number of ether oxygens (including phenoxy) is 1. The van der Waals surface area contributed by atoms with Crippen molar-refractivity contribution in [2.45, 2.75) is 39.8 Å². The molecule has 152 valence electrons. The van der Waals surface area contributed by atoms with Gasteiger partial charge < -0.3 is 10.1 Å². The van der Waals surface area contributed by atoms with Crippen LogP contribution < -0.4 is 14.4 Å². The summed E-state index contributed by atoms with van der Waals surface area (Å²) >= 11 is 0. The third kappa shape index (κ3) is 6.88. The summed E-state index contributed by atoms with van der Waals surface area (Å²) < 4.78 is 31.4. The van der Waals surface area contributed by atoms with Gasteiger partial charge in [0.1, 0.15) is 5.75 Å². The maximum absolute atomic E-state index is 12.3. The lowest BCUT2D eigenvalue weighted by Crippen LogP contribution is -2.43. The SMILES string of the molecule is Cc1ccc(CN(c2ccc(OCC(=O)NC(C)(C)C)cc2)S(C)(=O)=O)cc1. The zero-order chi connectivity index (χ0) is 20.9. The second-order valence-electron chi connectivity index (χ2n) is 7.84. The Morgan fingerprint density at radius 1 is 1.04 bits per heavy atom. The van der Waals surface area contributed by atoms with Crippen LogP contribution in [0.3, 0.4) is 0 Å². The molecule has 2 aromatic carbocycles. The van der Waals surface area contributed by atoms with Crippen LogP contribution in [0.1, 0.15) is 31.9 Å². The first kappa shape index (κ1) is 21.8. The summed E-state index contributed by atoms with van der Waals surface area (Å²) in [6, 6.07) is 14.4. The number of sulfonamides is 1. The Bertz CT molecular complexity index is 899. The van der Waals surface area contributed by atoms with E-state index in [1.165, 1.54) is 10.6 Å². The second-order valence-corrected chi connectivity index (χ2v) is 9.74. The molecule has 1 N–H and O–H groups in total. The lowest BCUT2D eigenvalue weighted by atomic mass is 10.1. The van der Waals surface area contributed by atoms with E-state index in [-0.39, 0.29) is 24.6 Å². The minimum absolute atomic E-state index is 0.101. The van der Waals surface area contributed by atoms with E-state index in [0.29, 0.717) is 11.4 Å². The predicted octanol–water partition coefficient (Wildman–Crippen LogP) is 3.25. The Labute approximate surface area is 167 Å². The van der Waals surface area contributed by atoms with Crippen LogP contribution in [0.15, 0.2) is 48.5 Å². The van der Waals surface area contributed by atoms with Crippen molar-refractivity contribution in [2.75, 3.05) is 17.2 Å². The monoisotopic (exact) mass is 404 g/mol. The highest BCUT2D eigenvalue weighted by molar-refractivity contribution is 7.92. The van der Waals surface area contributed by atoms with Gasteiger partial charge in [0.25, 0.3) is 5.91 Å². The molecule has 0 bridgehead atoms. The summed E-state index contributed by atoms with van der Waals surface area (Å²) in [5.41, 5.74) is 2.23. The van der Waals surface area contributed by atoms with Crippen molar-refractivity contribution < 1.29 is 17.9 Å². The van der Waals surface area contributed by atoms with E-state index >= 15 is 0 Å². The van der Waals surface area contributed by atoms with Crippen LogP contribution in [-0.4, -0.2) is 32.7 Å². The molecule has 0 heterocycles. The standard InChI is InChI=1S/C21H28N2O4S/c1-16-6-8-17(9-7-16)14-23(28(5,25)26)18-10-12-19(13-11-18)27-15-20(24)22-21(2,3)4/h6-13H,14-15H2,1-5H3,(H,22,24). The first-order chi connectivity index (χ1) is 12.9. The fourth-order valence-electron chi connectivity index (χ4n) is 2.57. The molecular formula is C21H28N2O4S. The number of rotatable bonds is 7. The quantitative estimate of drug-likeness (QED) is 0.769. The summed E-state index contributed by atoms with van der Waals surface area (Å²) in [7, 11) is -3.46. The van der Waals surface area contributed by atoms with Gasteiger partial charge in [-0.3, -0.25) is 9.10 Å². The molecule has 0 fully saturated rings. The van der Waals surface area contributed by atoms with E-state index in [4.69, 9.17) is 4.74 Å². The molecular weight excluding hydrogens is 376 g/mol. The van der Waals surface area contributed by atoms with Crippen LogP contribution in [-0.2, 0) is 21.4 Å². The van der Waals surface area contributed by atoms with Crippen molar-refractivity contribution in [3.63, 3.8) is 0 Å². The highest BCUT2D eigenvalue weighted by Gasteiger charge is 2.18. The lowest BCUT2D eigenvalue weighted by Gasteiger charge is -2.23. The number of benzene rings is 2. The van der Waals surface area contributed by atoms with Crippen LogP contribution in [0.4, 0.5) is 5.69 Å². The van der Waals surface area contributed by atoms with E-state index < -0.39 is 10.0 Å². The fourth-order valence-corrected chi connectivity index (χ4v) is 3.46. The number of aryl methyl sites for hydroxylation is 1. The van der Waals surface area contributed by atoms with Crippen molar-refractivity contribution in [1.82, 2.24) is 5.32 Å². The number of hydrogen-bond donors (Lipinski definition) is 1. The number of hydrogen-bond acceptors (Lipinski definition) is 4. The van der Waals surface area contributed by atoms with E-state index in [2.05, 4.69) is 5.32 Å². The van der Waals surface area contributed by atoms with Gasteiger partial charge in [0.15, 0.2) is 6.61 Å². The molecule has 0 saturated carbocycles. The summed E-state index contributed by atoms with van der Waals surface area (Å²) in [4.78, 5) is 11.8. The molecule has 28 heavy (non-hydrogen) atoms. The molecule has 0 unspecified atom stereocenters. The lowest BCUT2D eigenvalue weighted by molar-refractivity contribution is -0.124. The molecule has 0 aliphatic heterocycles. The molecule has 0 radical (unpaired) electrons. The Kier molecular flexibility index (Phi) is 6.72. The first-order valence-electron chi connectivity index (χ1n) is 9.01. The van der Waals surface area contributed by atoms with Gasteiger partial charge in [0.05, 0.1) is 18.5 Å². The minimum Gasteiger partial charge on any atom is -0.484 e. The van der Waals surface area contributed by atoms with Crippen LogP contribution >= 0.6 is 0 Å². The number of carbonyl (C=O) groups excluding carboxylic acids is 1. The van der Waals surface area contributed by atoms with E-state index in [1.807, 2.05) is 52.0 Å². The summed E-state index contributed by atoms with van der Waals surface area (Å²) in [6.07, 6.45) is 1.18. The van der Waals surface area contributed by atoms with Gasteiger partial charge >= 0.3 is 0 Å². The fraction of sp³-hybridized carbons (Fsp3) is 0.381. The number of carbonyl (C=O) groups is 1. The van der Waals surface area contributed by atoms with Crippen molar-refractivity contribution in [3.05, 3.63) is 59.7 Å². The van der Waals surface area contributed by atoms with Gasteiger partial charge in [0.2, 0.25) is 10.0 Å². The number of amides is 1. The second kappa shape index (κ2) is 8.65. The molecule has 0 atom stereocenters. The predicted molar refractivity (Wildman–Crippen MR) is 112 cm³/mol. The molecule has 0 spiro atoms. The van der Waals surface area contributed by atoms with Crippen molar-refractivity contribution in [3.8, 4) is 5.75 Å². The Hall–Kier alpha value is -2.54. The Balaban J connectivity index is 2.09. The summed E-state index contributed by atoms with van der Waals surface area (Å²) in [5.74, 6) is 0.283. The molecule has 7 heteroatoms. The third-order valence-electron chi connectivity index (χ3n) is 3.86. The van der Waals surface area contributed by atoms with Crippen molar-refractivity contribution >= 4 is 21.6 Å². The van der Waals surface area contributed by atoms with Gasteiger partial charge in [-0.1, -0.05) is 29.8 Å². The van der Waals surface area contributed by atoms with Gasteiger partial charge in [-0.05, 0) is 57.5 Å². The molecule has 0 aliphatic carbocycles. The van der Waals surface area contributed by atoms with E-state index in [1.54, 1.807) is 24.3 Å². The Morgan fingerprint density at radius 3 is 2.11 bits per heavy atom. The third-order valence-corrected chi connectivity index (χ3v) is 5.00. The molecule has 1 amide bonds. The maximum Gasteiger partial charge on any atom is 0.258 e. The highest BCUT2D eigenvalue weighted by atomic mass is 32.2. The molecule has 0 saturated heterocycles. The van der Waals surface area contributed by atoms with E-state index in [0.717, 1.165) is 11.1 Å². The summed E-state index contributed by atoms with van der Waals surface area (Å²) in [5, 5.41) is 2.82. The average Bonchev–Trinajstić information content (AvgIpc) is 2.57. The molecule has 2 aromatic rings. The zero-order valence-electron chi connectivity index (χ0n) is 17.0. The number of nitrogens with one attached hydrogen (secondary N) is 1. The van der Waals surface area contributed by atoms with Crippen LogP contribution in [0.25, 0.3) is 0 Å². The highest BCUT2D eigenvalue weighted by Crippen LogP contribution is 2.24. The topological polar surface area (TPSA) is 75.7 Å². The van der Waals surface area contributed by atoms with Gasteiger partial charge in [0, 0.05) is 5.54 Å². The van der Waals surface area contributed by atoms with Gasteiger partial charge in [-0.15, -0.1) is 0 Å². The zero-order valence-corrected chi connectivity index (χ0v) is 17.8. The number of nitrogens with zero attached hydrogens (tertiary/aromatic N) is 1. The average molecular weight is 405 g/mol. The van der Waals surface area contributed by atoms with Crippen LogP contribution in [0.2, 0.25) is 0 Å². The largest absolute Gasteiger partial charge is 0.484 e. The molecule has 2 rings (SSSR count). The van der Waals surface area contributed by atoms with E-state index in [9.17, 15) is 13.2 Å². The smallest absolute Gasteiger partial charge is 0.258 e. The van der Waals surface area contributed by atoms with Crippen molar-refractivity contribution in [1.29, 1.82) is 0 Å². The minimum atomic E-state index is -3.46. The summed E-state index contributed by atoms with van der Waals surface area (Å²) in [6.45, 7) is 7.82. The van der Waals surface area contributed by atoms with Crippen LogP contribution in [0, 0.1) is 6.92 Å². The van der Waals surface area contributed by atoms with Gasteiger partial charge in [-0.25, -0.2) is 8.42 Å². The molecule has 6 nitrogen and oxygen atoms in total. The molecule has 0 aliphatic rings.